The molecule has 0 unspecified atom stereocenters. The number of carbonyl (C=O) groups is 1. The van der Waals surface area contributed by atoms with Crippen molar-refractivity contribution in [3.8, 4) is 0 Å². The number of hydrogen-bond acceptors (Lipinski definition) is 4. The number of nitrogens with one attached hydrogen (secondary N) is 2. The summed E-state index contributed by atoms with van der Waals surface area (Å²) < 4.78 is 27.3. The summed E-state index contributed by atoms with van der Waals surface area (Å²) in [6.45, 7) is 1.58. The molecule has 1 fully saturated rings. The van der Waals surface area contributed by atoms with Crippen LogP contribution >= 0.6 is 0 Å². The lowest BCUT2D eigenvalue weighted by molar-refractivity contribution is -0.137. The fraction of sp³-hybridized carbons (Fsp3) is 0.889. The van der Waals surface area contributed by atoms with Crippen LogP contribution < -0.4 is 10.0 Å². The van der Waals surface area contributed by atoms with E-state index in [9.17, 15) is 13.2 Å². The van der Waals surface area contributed by atoms with Gasteiger partial charge in [0.05, 0.1) is 6.42 Å². The minimum absolute atomic E-state index is 0.0182. The summed E-state index contributed by atoms with van der Waals surface area (Å²) in [6, 6.07) is -0.0615. The van der Waals surface area contributed by atoms with Crippen LogP contribution in [0.1, 0.15) is 19.3 Å². The van der Waals surface area contributed by atoms with Crippen molar-refractivity contribution >= 4 is 16.2 Å². The van der Waals surface area contributed by atoms with Crippen molar-refractivity contribution in [3.05, 3.63) is 0 Å². The molecule has 1 heterocycles. The van der Waals surface area contributed by atoms with Crippen LogP contribution in [0.2, 0.25) is 0 Å². The van der Waals surface area contributed by atoms with Crippen molar-refractivity contribution in [2.24, 2.45) is 0 Å². The Hall–Kier alpha value is -0.700. The van der Waals surface area contributed by atoms with Crippen molar-refractivity contribution in [1.29, 1.82) is 0 Å². The molecule has 0 aromatic rings. The van der Waals surface area contributed by atoms with Crippen molar-refractivity contribution in [3.63, 3.8) is 0 Å². The Morgan fingerprint density at radius 3 is 2.59 bits per heavy atom. The molecule has 1 rings (SSSR count). The van der Waals surface area contributed by atoms with Crippen LogP contribution in [0, 0.1) is 0 Å². The van der Waals surface area contributed by atoms with E-state index in [0.29, 0.717) is 0 Å². The Bertz CT molecular complexity index is 351. The van der Waals surface area contributed by atoms with Crippen LogP contribution in [0.3, 0.4) is 0 Å². The molecule has 3 N–H and O–H groups in total. The second-order valence-electron chi connectivity index (χ2n) is 4.11. The lowest BCUT2D eigenvalue weighted by Gasteiger charge is -2.26. The highest BCUT2D eigenvalue weighted by molar-refractivity contribution is 7.87. The number of aliphatic carboxylic acids is 1. The smallest absolute Gasteiger partial charge is 0.304 e. The van der Waals surface area contributed by atoms with Gasteiger partial charge in [-0.3, -0.25) is 4.79 Å². The fourth-order valence-corrected chi connectivity index (χ4v) is 2.78. The van der Waals surface area contributed by atoms with E-state index < -0.39 is 16.2 Å². The highest BCUT2D eigenvalue weighted by atomic mass is 32.2. The summed E-state index contributed by atoms with van der Waals surface area (Å²) >= 11 is 0. The lowest BCUT2D eigenvalue weighted by atomic mass is 10.1. The van der Waals surface area contributed by atoms with E-state index in [1.54, 1.807) is 0 Å². The molecule has 0 saturated carbocycles. The summed E-state index contributed by atoms with van der Waals surface area (Å²) in [7, 11) is -2.18. The van der Waals surface area contributed by atoms with E-state index in [2.05, 4.69) is 10.0 Å². The zero-order valence-electron chi connectivity index (χ0n) is 9.85. The van der Waals surface area contributed by atoms with Gasteiger partial charge in [-0.05, 0) is 25.9 Å². The van der Waals surface area contributed by atoms with Gasteiger partial charge in [-0.15, -0.1) is 0 Å². The largest absolute Gasteiger partial charge is 0.481 e. The topological polar surface area (TPSA) is 98.7 Å². The SMILES string of the molecule is CN(CCC(=O)O)S(=O)(=O)NC1CCNCC1. The zero-order chi connectivity index (χ0) is 12.9. The molecule has 17 heavy (non-hydrogen) atoms. The molecule has 0 bridgehead atoms. The van der Waals surface area contributed by atoms with Gasteiger partial charge in [0, 0.05) is 19.6 Å². The van der Waals surface area contributed by atoms with Crippen molar-refractivity contribution in [2.45, 2.75) is 25.3 Å². The second-order valence-corrected chi connectivity index (χ2v) is 5.92. The van der Waals surface area contributed by atoms with E-state index in [1.807, 2.05) is 0 Å². The molecule has 0 aromatic carbocycles. The monoisotopic (exact) mass is 265 g/mol. The maximum atomic E-state index is 11.8. The van der Waals surface area contributed by atoms with E-state index >= 15 is 0 Å². The highest BCUT2D eigenvalue weighted by Crippen LogP contribution is 2.06. The molecular weight excluding hydrogens is 246 g/mol. The zero-order valence-corrected chi connectivity index (χ0v) is 10.7. The Balaban J connectivity index is 2.45. The van der Waals surface area contributed by atoms with Crippen LogP contribution in [-0.4, -0.2) is 56.5 Å². The molecule has 0 aromatic heterocycles. The molecule has 1 saturated heterocycles. The van der Waals surface area contributed by atoms with Crippen LogP contribution in [0.25, 0.3) is 0 Å². The first-order valence-corrected chi connectivity index (χ1v) is 7.02. The number of hydrogen-bond donors (Lipinski definition) is 3. The summed E-state index contributed by atoms with van der Waals surface area (Å²) in [6.07, 6.45) is 1.32. The highest BCUT2D eigenvalue weighted by Gasteiger charge is 2.23. The third-order valence-corrected chi connectivity index (χ3v) is 4.34. The normalized spacial score (nSPS) is 18.5. The average molecular weight is 265 g/mol. The van der Waals surface area contributed by atoms with Gasteiger partial charge in [0.15, 0.2) is 0 Å². The summed E-state index contributed by atoms with van der Waals surface area (Å²) in [5.74, 6) is -1.01. The third kappa shape index (κ3) is 4.99. The summed E-state index contributed by atoms with van der Waals surface area (Å²) in [5.41, 5.74) is 0. The van der Waals surface area contributed by atoms with Crippen LogP contribution in [0.4, 0.5) is 0 Å². The quantitative estimate of drug-likeness (QED) is 0.571. The second kappa shape index (κ2) is 6.29. The van der Waals surface area contributed by atoms with Gasteiger partial charge in [-0.2, -0.15) is 17.4 Å². The van der Waals surface area contributed by atoms with Gasteiger partial charge >= 0.3 is 5.97 Å². The molecule has 0 amide bonds. The van der Waals surface area contributed by atoms with E-state index in [1.165, 1.54) is 7.05 Å². The Kier molecular flexibility index (Phi) is 5.31. The van der Waals surface area contributed by atoms with Crippen LogP contribution in [0.15, 0.2) is 0 Å². The first-order chi connectivity index (χ1) is 7.92. The number of rotatable bonds is 6. The average Bonchev–Trinajstić information content (AvgIpc) is 2.26. The summed E-state index contributed by atoms with van der Waals surface area (Å²) in [4.78, 5) is 10.4. The molecule has 0 aliphatic carbocycles. The molecule has 1 aliphatic heterocycles. The minimum Gasteiger partial charge on any atom is -0.481 e. The maximum absolute atomic E-state index is 11.8. The van der Waals surface area contributed by atoms with Crippen LogP contribution in [0.5, 0.6) is 0 Å². The number of nitrogens with zero attached hydrogens (tertiary/aromatic N) is 1. The minimum atomic E-state index is -3.56. The maximum Gasteiger partial charge on any atom is 0.304 e. The van der Waals surface area contributed by atoms with E-state index in [0.717, 1.165) is 30.2 Å². The first kappa shape index (κ1) is 14.4. The molecule has 100 valence electrons. The third-order valence-electron chi connectivity index (χ3n) is 2.71. The van der Waals surface area contributed by atoms with Gasteiger partial charge in [0.1, 0.15) is 0 Å². The predicted molar refractivity (Wildman–Crippen MR) is 62.8 cm³/mol. The molecule has 8 heteroatoms. The molecule has 0 radical (unpaired) electrons. The van der Waals surface area contributed by atoms with Gasteiger partial charge in [0.2, 0.25) is 0 Å². The number of carboxylic acid groups (broad SMARTS) is 1. The standard InChI is InChI=1S/C9H19N3O4S/c1-12(7-4-9(13)14)17(15,16)11-8-2-5-10-6-3-8/h8,10-11H,2-7H2,1H3,(H,13,14). The predicted octanol–water partition coefficient (Wildman–Crippen LogP) is -1.02. The molecule has 7 nitrogen and oxygen atoms in total. The number of carboxylic acids is 1. The lowest BCUT2D eigenvalue weighted by Crippen LogP contribution is -2.48. The first-order valence-electron chi connectivity index (χ1n) is 5.58. The van der Waals surface area contributed by atoms with Crippen molar-refractivity contribution in [2.75, 3.05) is 26.7 Å². The van der Waals surface area contributed by atoms with Crippen molar-refractivity contribution < 1.29 is 18.3 Å². The molecular formula is C9H19N3O4S. The van der Waals surface area contributed by atoms with Gasteiger partial charge < -0.3 is 10.4 Å². The van der Waals surface area contributed by atoms with Gasteiger partial charge in [-0.25, -0.2) is 0 Å². The van der Waals surface area contributed by atoms with Gasteiger partial charge in [-0.1, -0.05) is 0 Å². The molecule has 0 spiro atoms. The van der Waals surface area contributed by atoms with E-state index in [-0.39, 0.29) is 19.0 Å². The number of piperidine rings is 1. The summed E-state index contributed by atoms with van der Waals surface area (Å²) in [5, 5.41) is 11.6. The van der Waals surface area contributed by atoms with E-state index in [4.69, 9.17) is 5.11 Å². The van der Waals surface area contributed by atoms with Crippen LogP contribution in [-0.2, 0) is 15.0 Å². The Labute approximate surface area is 101 Å². The van der Waals surface area contributed by atoms with Crippen molar-refractivity contribution in [1.82, 2.24) is 14.3 Å². The molecule has 0 atom stereocenters. The fourth-order valence-electron chi connectivity index (χ4n) is 1.61. The Morgan fingerprint density at radius 2 is 2.06 bits per heavy atom. The Morgan fingerprint density at radius 1 is 1.47 bits per heavy atom. The molecule has 1 aliphatic rings. The van der Waals surface area contributed by atoms with Gasteiger partial charge in [0.25, 0.3) is 10.2 Å².